The number of rotatable bonds is 5. The Morgan fingerprint density at radius 3 is 2.57 bits per heavy atom. The molecule has 2 N–H and O–H groups in total. The third-order valence-electron chi connectivity index (χ3n) is 5.58. The van der Waals surface area contributed by atoms with E-state index >= 15 is 0 Å². The number of likely N-dealkylation sites (tertiary alicyclic amines) is 1. The van der Waals surface area contributed by atoms with Crippen molar-refractivity contribution in [2.45, 2.75) is 39.0 Å². The minimum atomic E-state index is -0.368. The van der Waals surface area contributed by atoms with E-state index in [1.54, 1.807) is 19.1 Å². The Hall–Kier alpha value is -2.83. The van der Waals surface area contributed by atoms with Crippen molar-refractivity contribution in [1.82, 2.24) is 15.2 Å². The molecule has 1 aliphatic heterocycles. The molecule has 2 heterocycles. The van der Waals surface area contributed by atoms with Crippen LogP contribution in [0.25, 0.3) is 10.9 Å². The van der Waals surface area contributed by atoms with E-state index in [9.17, 15) is 14.3 Å². The second kappa shape index (κ2) is 8.90. The Kier molecular flexibility index (Phi) is 6.06. The highest BCUT2D eigenvalue weighted by atomic mass is 19.1. The normalized spacial score (nSPS) is 15.4. The molecule has 0 bridgehead atoms. The van der Waals surface area contributed by atoms with E-state index < -0.39 is 0 Å². The van der Waals surface area contributed by atoms with Gasteiger partial charge in [0, 0.05) is 43.3 Å². The first-order valence-electron chi connectivity index (χ1n) is 10.3. The molecule has 0 radical (unpaired) electrons. The fraction of sp³-hybridized carbons (Fsp3) is 0.333. The van der Waals surface area contributed by atoms with Crippen molar-refractivity contribution in [3.63, 3.8) is 0 Å². The Bertz CT molecular complexity index is 1040. The first-order chi connectivity index (χ1) is 14.5. The summed E-state index contributed by atoms with van der Waals surface area (Å²) in [6.45, 7) is 4.92. The standard InChI is InChI=1S/C24H26FN3O2/c1-16-12-22(21-7-6-19(25)13-23(21)27-16)24(30)26-14-17-2-4-18(5-3-17)15-28-10-8-20(29)9-11-28/h2-7,12-13,20,29H,8-11,14-15H2,1H3,(H,26,30). The first kappa shape index (κ1) is 20.4. The zero-order valence-corrected chi connectivity index (χ0v) is 17.1. The fourth-order valence-electron chi connectivity index (χ4n) is 3.90. The van der Waals surface area contributed by atoms with Crippen LogP contribution in [0.2, 0.25) is 0 Å². The molecule has 0 aliphatic carbocycles. The van der Waals surface area contributed by atoms with Crippen molar-refractivity contribution < 1.29 is 14.3 Å². The van der Waals surface area contributed by atoms with E-state index in [2.05, 4.69) is 27.3 Å². The molecule has 1 amide bonds. The summed E-state index contributed by atoms with van der Waals surface area (Å²) < 4.78 is 13.5. The summed E-state index contributed by atoms with van der Waals surface area (Å²) >= 11 is 0. The van der Waals surface area contributed by atoms with Crippen LogP contribution >= 0.6 is 0 Å². The Balaban J connectivity index is 1.39. The van der Waals surface area contributed by atoms with Crippen molar-refractivity contribution in [2.75, 3.05) is 13.1 Å². The summed E-state index contributed by atoms with van der Waals surface area (Å²) in [5.41, 5.74) is 3.89. The summed E-state index contributed by atoms with van der Waals surface area (Å²) in [6.07, 6.45) is 1.51. The van der Waals surface area contributed by atoms with Gasteiger partial charge in [0.2, 0.25) is 0 Å². The van der Waals surface area contributed by atoms with Crippen LogP contribution in [0.4, 0.5) is 4.39 Å². The molecule has 0 spiro atoms. The molecule has 1 aromatic heterocycles. The number of aromatic nitrogens is 1. The second-order valence-corrected chi connectivity index (χ2v) is 7.98. The minimum Gasteiger partial charge on any atom is -0.393 e. The van der Waals surface area contributed by atoms with Gasteiger partial charge in [0.15, 0.2) is 0 Å². The number of halogens is 1. The van der Waals surface area contributed by atoms with Crippen LogP contribution in [-0.2, 0) is 13.1 Å². The highest BCUT2D eigenvalue weighted by Gasteiger charge is 2.17. The number of pyridine rings is 1. The van der Waals surface area contributed by atoms with E-state index in [1.807, 2.05) is 12.1 Å². The third kappa shape index (κ3) is 4.83. The predicted octanol–water partition coefficient (Wildman–Crippen LogP) is 3.57. The van der Waals surface area contributed by atoms with E-state index in [0.29, 0.717) is 28.7 Å². The largest absolute Gasteiger partial charge is 0.393 e. The summed E-state index contributed by atoms with van der Waals surface area (Å²) in [6, 6.07) is 14.2. The maximum Gasteiger partial charge on any atom is 0.252 e. The van der Waals surface area contributed by atoms with Crippen molar-refractivity contribution in [2.24, 2.45) is 0 Å². The molecule has 5 nitrogen and oxygen atoms in total. The van der Waals surface area contributed by atoms with E-state index in [1.165, 1.54) is 17.7 Å². The third-order valence-corrected chi connectivity index (χ3v) is 5.58. The van der Waals surface area contributed by atoms with Crippen LogP contribution in [0.3, 0.4) is 0 Å². The second-order valence-electron chi connectivity index (χ2n) is 7.98. The highest BCUT2D eigenvalue weighted by Crippen LogP contribution is 2.20. The van der Waals surface area contributed by atoms with Gasteiger partial charge in [-0.3, -0.25) is 14.7 Å². The molecule has 6 heteroatoms. The van der Waals surface area contributed by atoms with Gasteiger partial charge in [0.25, 0.3) is 5.91 Å². The van der Waals surface area contributed by atoms with Crippen molar-refractivity contribution >= 4 is 16.8 Å². The van der Waals surface area contributed by atoms with Gasteiger partial charge in [0.05, 0.1) is 17.2 Å². The first-order valence-corrected chi connectivity index (χ1v) is 10.3. The monoisotopic (exact) mass is 407 g/mol. The molecule has 2 aromatic carbocycles. The molecular weight excluding hydrogens is 381 g/mol. The number of amides is 1. The molecule has 4 rings (SSSR count). The Morgan fingerprint density at radius 2 is 1.83 bits per heavy atom. The van der Waals surface area contributed by atoms with Gasteiger partial charge in [-0.05, 0) is 49.1 Å². The minimum absolute atomic E-state index is 0.160. The number of carbonyl (C=O) groups excluding carboxylic acids is 1. The van der Waals surface area contributed by atoms with Crippen molar-refractivity contribution in [3.8, 4) is 0 Å². The van der Waals surface area contributed by atoms with Crippen LogP contribution in [0.1, 0.15) is 40.0 Å². The molecule has 0 atom stereocenters. The molecule has 1 aliphatic rings. The average molecular weight is 407 g/mol. The lowest BCUT2D eigenvalue weighted by Gasteiger charge is -2.29. The van der Waals surface area contributed by atoms with Gasteiger partial charge in [-0.1, -0.05) is 24.3 Å². The van der Waals surface area contributed by atoms with Crippen molar-refractivity contribution in [1.29, 1.82) is 0 Å². The number of hydrogen-bond acceptors (Lipinski definition) is 4. The number of hydrogen-bond donors (Lipinski definition) is 2. The van der Waals surface area contributed by atoms with Crippen LogP contribution in [-0.4, -0.2) is 40.1 Å². The van der Waals surface area contributed by atoms with Crippen LogP contribution in [0, 0.1) is 12.7 Å². The Morgan fingerprint density at radius 1 is 1.13 bits per heavy atom. The van der Waals surface area contributed by atoms with Crippen LogP contribution < -0.4 is 5.32 Å². The fourth-order valence-corrected chi connectivity index (χ4v) is 3.90. The van der Waals surface area contributed by atoms with Gasteiger partial charge >= 0.3 is 0 Å². The quantitative estimate of drug-likeness (QED) is 0.679. The number of aliphatic hydroxyl groups excluding tert-OH is 1. The molecule has 0 saturated carbocycles. The summed E-state index contributed by atoms with van der Waals surface area (Å²) in [4.78, 5) is 19.4. The maximum absolute atomic E-state index is 13.5. The molecule has 30 heavy (non-hydrogen) atoms. The van der Waals surface area contributed by atoms with E-state index in [4.69, 9.17) is 0 Å². The number of aryl methyl sites for hydroxylation is 1. The topological polar surface area (TPSA) is 65.5 Å². The molecule has 3 aromatic rings. The number of fused-ring (bicyclic) bond motifs is 1. The van der Waals surface area contributed by atoms with Gasteiger partial charge in [-0.25, -0.2) is 4.39 Å². The molecule has 0 unspecified atom stereocenters. The average Bonchev–Trinajstić information content (AvgIpc) is 2.73. The Labute approximate surface area is 175 Å². The van der Waals surface area contributed by atoms with Crippen molar-refractivity contribution in [3.05, 3.63) is 76.7 Å². The lowest BCUT2D eigenvalue weighted by atomic mass is 10.1. The molecular formula is C24H26FN3O2. The zero-order valence-electron chi connectivity index (χ0n) is 17.1. The highest BCUT2D eigenvalue weighted by molar-refractivity contribution is 6.06. The lowest BCUT2D eigenvalue weighted by Crippen LogP contribution is -2.35. The van der Waals surface area contributed by atoms with Gasteiger partial charge in [-0.2, -0.15) is 0 Å². The molecule has 1 fully saturated rings. The van der Waals surface area contributed by atoms with Gasteiger partial charge < -0.3 is 10.4 Å². The number of piperidine rings is 1. The van der Waals surface area contributed by atoms with Gasteiger partial charge in [-0.15, -0.1) is 0 Å². The van der Waals surface area contributed by atoms with Crippen LogP contribution in [0.15, 0.2) is 48.5 Å². The number of nitrogens with one attached hydrogen (secondary N) is 1. The smallest absolute Gasteiger partial charge is 0.252 e. The molecule has 156 valence electrons. The number of nitrogens with zero attached hydrogens (tertiary/aromatic N) is 2. The SMILES string of the molecule is Cc1cc(C(=O)NCc2ccc(CN3CCC(O)CC3)cc2)c2ccc(F)cc2n1. The van der Waals surface area contributed by atoms with E-state index in [0.717, 1.165) is 38.0 Å². The summed E-state index contributed by atoms with van der Waals surface area (Å²) in [7, 11) is 0. The zero-order chi connectivity index (χ0) is 21.1. The van der Waals surface area contributed by atoms with E-state index in [-0.39, 0.29) is 17.8 Å². The van der Waals surface area contributed by atoms with Gasteiger partial charge in [0.1, 0.15) is 5.82 Å². The number of carbonyl (C=O) groups is 1. The molecule has 1 saturated heterocycles. The lowest BCUT2D eigenvalue weighted by molar-refractivity contribution is 0.0792. The predicted molar refractivity (Wildman–Crippen MR) is 115 cm³/mol. The van der Waals surface area contributed by atoms with Crippen LogP contribution in [0.5, 0.6) is 0 Å². The maximum atomic E-state index is 13.5. The number of benzene rings is 2. The summed E-state index contributed by atoms with van der Waals surface area (Å²) in [5, 5.41) is 13.2. The number of aliphatic hydroxyl groups is 1. The summed E-state index contributed by atoms with van der Waals surface area (Å²) in [5.74, 6) is -0.569.